The average molecular weight is 518 g/mol. The van der Waals surface area contributed by atoms with Crippen molar-refractivity contribution in [2.24, 2.45) is 4.99 Å². The molecule has 1 amide bonds. The highest BCUT2D eigenvalue weighted by Gasteiger charge is 2.49. The van der Waals surface area contributed by atoms with E-state index >= 15 is 0 Å². The van der Waals surface area contributed by atoms with Crippen LogP contribution in [0, 0.1) is 11.6 Å². The van der Waals surface area contributed by atoms with Gasteiger partial charge in [0.25, 0.3) is 5.91 Å². The number of ether oxygens (including phenoxy) is 1. The lowest BCUT2D eigenvalue weighted by atomic mass is 9.82. The van der Waals surface area contributed by atoms with Crippen LogP contribution in [0.2, 0.25) is 0 Å². The minimum absolute atomic E-state index is 0.192. The van der Waals surface area contributed by atoms with Gasteiger partial charge >= 0.3 is 0 Å². The van der Waals surface area contributed by atoms with Crippen molar-refractivity contribution < 1.29 is 18.3 Å². The number of hydrogen-bond donors (Lipinski definition) is 0. The van der Waals surface area contributed by atoms with Gasteiger partial charge in [-0.25, -0.2) is 13.8 Å². The molecule has 0 aliphatic carbocycles. The molecule has 0 atom stereocenters. The quantitative estimate of drug-likeness (QED) is 0.382. The topological polar surface area (TPSA) is 45.1 Å². The summed E-state index contributed by atoms with van der Waals surface area (Å²) in [5.41, 5.74) is 1.06. The minimum Gasteiger partial charge on any atom is -0.496 e. The molecule has 5 nitrogen and oxygen atoms in total. The minimum atomic E-state index is -1.35. The molecule has 0 bridgehead atoms. The predicted molar refractivity (Wildman–Crippen MR) is 144 cm³/mol. The molecule has 3 aromatic carbocycles. The molecular weight excluding hydrogens is 484 g/mol. The lowest BCUT2D eigenvalue weighted by molar-refractivity contribution is -0.130. The van der Waals surface area contributed by atoms with Gasteiger partial charge in [-0.1, -0.05) is 42.5 Å². The van der Waals surface area contributed by atoms with Gasteiger partial charge in [0.1, 0.15) is 23.2 Å². The first-order valence-electron chi connectivity index (χ1n) is 13.2. The number of amidine groups is 1. The van der Waals surface area contributed by atoms with Crippen molar-refractivity contribution in [2.45, 2.75) is 37.6 Å². The number of aliphatic imine (C=N–C) groups is 1. The molecule has 0 N–H and O–H groups in total. The molecule has 38 heavy (non-hydrogen) atoms. The largest absolute Gasteiger partial charge is 0.496 e. The third kappa shape index (κ3) is 4.95. The smallest absolute Gasteiger partial charge is 0.265 e. The first kappa shape index (κ1) is 26.0. The van der Waals surface area contributed by atoms with Crippen molar-refractivity contribution in [1.82, 2.24) is 9.80 Å². The van der Waals surface area contributed by atoms with Gasteiger partial charge in [0.15, 0.2) is 5.54 Å². The Labute approximate surface area is 222 Å². The van der Waals surface area contributed by atoms with Crippen LogP contribution in [-0.4, -0.2) is 54.8 Å². The summed E-state index contributed by atoms with van der Waals surface area (Å²) in [6.45, 7) is 5.24. The van der Waals surface area contributed by atoms with Crippen LogP contribution in [0.15, 0.2) is 77.8 Å². The Morgan fingerprint density at radius 2 is 1.47 bits per heavy atom. The number of likely N-dealkylation sites (tertiary alicyclic amines) is 1. The number of methoxy groups -OCH3 is 1. The lowest BCUT2D eigenvalue weighted by Crippen LogP contribution is -2.43. The zero-order valence-corrected chi connectivity index (χ0v) is 21.9. The Morgan fingerprint density at radius 1 is 0.895 bits per heavy atom. The van der Waals surface area contributed by atoms with Gasteiger partial charge in [-0.15, -0.1) is 0 Å². The van der Waals surface area contributed by atoms with Crippen LogP contribution < -0.4 is 4.74 Å². The Kier molecular flexibility index (Phi) is 7.56. The zero-order valence-electron chi connectivity index (χ0n) is 21.9. The molecule has 0 unspecified atom stereocenters. The molecule has 0 aromatic heterocycles. The van der Waals surface area contributed by atoms with E-state index in [0.717, 1.165) is 44.6 Å². The van der Waals surface area contributed by atoms with Gasteiger partial charge in [-0.05, 0) is 98.8 Å². The van der Waals surface area contributed by atoms with Crippen LogP contribution in [0.1, 0.15) is 48.8 Å². The van der Waals surface area contributed by atoms with Gasteiger partial charge in [0, 0.05) is 6.54 Å². The summed E-state index contributed by atoms with van der Waals surface area (Å²) < 4.78 is 33.0. The number of para-hydroxylation sites is 1. The van der Waals surface area contributed by atoms with Crippen LogP contribution in [0.5, 0.6) is 5.75 Å². The van der Waals surface area contributed by atoms with Gasteiger partial charge in [-0.3, -0.25) is 9.69 Å². The third-order valence-corrected chi connectivity index (χ3v) is 7.82. The van der Waals surface area contributed by atoms with E-state index in [2.05, 4.69) is 17.0 Å². The maximum Gasteiger partial charge on any atom is 0.265 e. The first-order chi connectivity index (χ1) is 18.4. The van der Waals surface area contributed by atoms with Crippen molar-refractivity contribution in [1.29, 1.82) is 0 Å². The van der Waals surface area contributed by atoms with Crippen LogP contribution >= 0.6 is 0 Å². The number of rotatable bonds is 8. The molecule has 3 aromatic rings. The predicted octanol–water partition coefficient (Wildman–Crippen LogP) is 5.75. The van der Waals surface area contributed by atoms with Crippen molar-refractivity contribution >= 4 is 11.7 Å². The number of amides is 1. The number of carbonyl (C=O) groups excluding carboxylic acids is 1. The van der Waals surface area contributed by atoms with Crippen LogP contribution in [0.4, 0.5) is 8.78 Å². The standard InChI is InChI=1S/C31H33F2N3O2/c1-22-34-31(24-8-12-26(32)13-9-24,25-10-14-27(33)15-11-25)30(37)36(22)19-5-18-35-20-16-23(17-21-35)28-6-3-4-7-29(28)38-2/h3-4,6-15,23H,5,16-21H2,1-2H3. The molecule has 2 aliphatic rings. The van der Waals surface area contributed by atoms with Crippen molar-refractivity contribution in [2.75, 3.05) is 33.3 Å². The summed E-state index contributed by atoms with van der Waals surface area (Å²) in [5.74, 6) is 1.09. The second-order valence-corrected chi connectivity index (χ2v) is 10.1. The summed E-state index contributed by atoms with van der Waals surface area (Å²) in [5, 5.41) is 0. The highest BCUT2D eigenvalue weighted by molar-refractivity contribution is 6.09. The average Bonchev–Trinajstić information content (AvgIpc) is 3.20. The van der Waals surface area contributed by atoms with E-state index in [0.29, 0.717) is 29.4 Å². The van der Waals surface area contributed by atoms with Crippen LogP contribution in [-0.2, 0) is 10.3 Å². The second kappa shape index (κ2) is 11.0. The monoisotopic (exact) mass is 517 g/mol. The fraction of sp³-hybridized carbons (Fsp3) is 0.355. The molecule has 2 aliphatic heterocycles. The van der Waals surface area contributed by atoms with Crippen molar-refractivity contribution in [3.8, 4) is 5.75 Å². The summed E-state index contributed by atoms with van der Waals surface area (Å²) in [6.07, 6.45) is 2.95. The number of benzene rings is 3. The summed E-state index contributed by atoms with van der Waals surface area (Å²) in [7, 11) is 1.72. The van der Waals surface area contributed by atoms with Crippen LogP contribution in [0.25, 0.3) is 0 Å². The molecular formula is C31H33F2N3O2. The van der Waals surface area contributed by atoms with E-state index in [-0.39, 0.29) is 17.5 Å². The molecule has 198 valence electrons. The van der Waals surface area contributed by atoms with E-state index in [1.807, 2.05) is 19.1 Å². The normalized spacial score (nSPS) is 18.1. The maximum absolute atomic E-state index is 13.9. The SMILES string of the molecule is COc1ccccc1C1CCN(CCCN2C(=O)C(c3ccc(F)cc3)(c3ccc(F)cc3)N=C2C)CC1. The number of piperidine rings is 1. The number of halogens is 2. The second-order valence-electron chi connectivity index (χ2n) is 10.1. The van der Waals surface area contributed by atoms with E-state index in [1.165, 1.54) is 29.8 Å². The molecule has 1 fully saturated rings. The molecule has 0 radical (unpaired) electrons. The molecule has 0 spiro atoms. The Balaban J connectivity index is 1.25. The van der Waals surface area contributed by atoms with Gasteiger partial charge in [-0.2, -0.15) is 0 Å². The van der Waals surface area contributed by atoms with E-state index in [4.69, 9.17) is 9.73 Å². The van der Waals surface area contributed by atoms with Crippen LogP contribution in [0.3, 0.4) is 0 Å². The number of nitrogens with zero attached hydrogens (tertiary/aromatic N) is 3. The highest BCUT2D eigenvalue weighted by Crippen LogP contribution is 2.40. The summed E-state index contributed by atoms with van der Waals surface area (Å²) >= 11 is 0. The Bertz CT molecular complexity index is 1250. The van der Waals surface area contributed by atoms with Gasteiger partial charge in [0.2, 0.25) is 0 Å². The first-order valence-corrected chi connectivity index (χ1v) is 13.2. The zero-order chi connectivity index (χ0) is 26.7. The summed E-state index contributed by atoms with van der Waals surface area (Å²) in [4.78, 5) is 22.9. The van der Waals surface area contributed by atoms with Gasteiger partial charge < -0.3 is 9.64 Å². The van der Waals surface area contributed by atoms with E-state index in [9.17, 15) is 13.6 Å². The molecule has 5 rings (SSSR count). The van der Waals surface area contributed by atoms with Gasteiger partial charge in [0.05, 0.1) is 7.11 Å². The third-order valence-electron chi connectivity index (χ3n) is 7.82. The van der Waals surface area contributed by atoms with Crippen molar-refractivity contribution in [3.63, 3.8) is 0 Å². The Hall–Kier alpha value is -3.58. The molecule has 0 saturated carbocycles. The van der Waals surface area contributed by atoms with E-state index in [1.54, 1.807) is 36.3 Å². The molecule has 7 heteroatoms. The maximum atomic E-state index is 13.9. The fourth-order valence-electron chi connectivity index (χ4n) is 5.81. The number of hydrogen-bond acceptors (Lipinski definition) is 4. The summed E-state index contributed by atoms with van der Waals surface area (Å²) in [6, 6.07) is 19.9. The lowest BCUT2D eigenvalue weighted by Gasteiger charge is -2.33. The Morgan fingerprint density at radius 3 is 2.05 bits per heavy atom. The number of carbonyl (C=O) groups is 1. The molecule has 1 saturated heterocycles. The highest BCUT2D eigenvalue weighted by atomic mass is 19.1. The molecule has 2 heterocycles. The fourth-order valence-corrected chi connectivity index (χ4v) is 5.81. The van der Waals surface area contributed by atoms with E-state index < -0.39 is 5.54 Å². The van der Waals surface area contributed by atoms with Crippen molar-refractivity contribution in [3.05, 3.63) is 101 Å².